The molecule has 1 unspecified atom stereocenters. The molecule has 0 saturated heterocycles. The fourth-order valence-corrected chi connectivity index (χ4v) is 4.56. The van der Waals surface area contributed by atoms with Crippen molar-refractivity contribution >= 4 is 32.7 Å². The maximum absolute atomic E-state index is 14.6. The van der Waals surface area contributed by atoms with Crippen LogP contribution in [0.25, 0.3) is 0 Å². The summed E-state index contributed by atoms with van der Waals surface area (Å²) < 4.78 is 43.2. The molecule has 2 saturated carbocycles. The number of hydrogen-bond donors (Lipinski definition) is 1. The van der Waals surface area contributed by atoms with Crippen molar-refractivity contribution in [3.63, 3.8) is 0 Å². The van der Waals surface area contributed by atoms with Gasteiger partial charge < -0.3 is 10.1 Å². The van der Waals surface area contributed by atoms with Crippen molar-refractivity contribution in [2.75, 3.05) is 13.7 Å². The summed E-state index contributed by atoms with van der Waals surface area (Å²) in [5.41, 5.74) is 0.216. The van der Waals surface area contributed by atoms with Crippen LogP contribution in [0, 0.1) is 11.3 Å². The molecule has 0 bridgehead atoms. The number of rotatable bonds is 4. The third-order valence-corrected chi connectivity index (χ3v) is 6.51. The molecule has 1 atom stereocenters. The number of carbonyl (C=O) groups excluding carboxylic acids is 1. The summed E-state index contributed by atoms with van der Waals surface area (Å²) in [5.74, 6) is -0.580. The van der Waals surface area contributed by atoms with Gasteiger partial charge in [-0.3, -0.25) is 4.79 Å². The molecular weight excluding hydrogens is 369 g/mol. The Labute approximate surface area is 152 Å². The third kappa shape index (κ3) is 3.77. The van der Waals surface area contributed by atoms with Crippen molar-refractivity contribution in [1.82, 2.24) is 5.32 Å². The van der Waals surface area contributed by atoms with Gasteiger partial charge in [-0.15, -0.1) is 0 Å². The number of alkyl halides is 1. The highest BCUT2D eigenvalue weighted by Crippen LogP contribution is 2.57. The second-order valence-electron chi connectivity index (χ2n) is 7.07. The Bertz CT molecular complexity index is 764. The van der Waals surface area contributed by atoms with Gasteiger partial charge in [-0.05, 0) is 55.9 Å². The van der Waals surface area contributed by atoms with Crippen molar-refractivity contribution in [1.29, 1.82) is 0 Å². The van der Waals surface area contributed by atoms with Gasteiger partial charge in [-0.2, -0.15) is 8.42 Å². The first-order chi connectivity index (χ1) is 11.9. The zero-order valence-electron chi connectivity index (χ0n) is 14.0. The predicted molar refractivity (Wildman–Crippen MR) is 93.4 cm³/mol. The molecule has 0 radical (unpaired) electrons. The van der Waals surface area contributed by atoms with Crippen LogP contribution < -0.4 is 5.32 Å². The van der Waals surface area contributed by atoms with Gasteiger partial charge in [-0.25, -0.2) is 4.39 Å². The van der Waals surface area contributed by atoms with E-state index in [9.17, 15) is 17.6 Å². The minimum absolute atomic E-state index is 0.0684. The number of amides is 1. The largest absolute Gasteiger partial charge is 0.490 e. The summed E-state index contributed by atoms with van der Waals surface area (Å²) in [6, 6.07) is 0. The van der Waals surface area contributed by atoms with Crippen LogP contribution in [-0.4, -0.2) is 39.0 Å². The van der Waals surface area contributed by atoms with E-state index >= 15 is 0 Å². The lowest BCUT2D eigenvalue weighted by atomic mass is 9.80. The van der Waals surface area contributed by atoms with E-state index in [4.69, 9.17) is 16.3 Å². The fraction of sp³-hybridized carbons (Fsp3) is 0.647. The number of ether oxygens (including phenoxy) is 1. The molecule has 8 heteroatoms. The van der Waals surface area contributed by atoms with Gasteiger partial charge in [0.25, 0.3) is 0 Å². The summed E-state index contributed by atoms with van der Waals surface area (Å²) in [4.78, 5) is 11.1. The smallest absolute Gasteiger partial charge is 0.250 e. The highest BCUT2D eigenvalue weighted by molar-refractivity contribution is 7.73. The summed E-state index contributed by atoms with van der Waals surface area (Å²) in [5, 5.41) is 2.21. The standard InChI is InChI=1S/C17H21ClFNO4S/c1-20-16(21)11-8-12(18)14(15(13(11)19)25(22)23)24-9-10-2-4-17(5-3-10)6-7-17/h8,10,13H,2-7,9H2,1H3,(H,20,21). The average Bonchev–Trinajstić information content (AvgIpc) is 3.34. The molecule has 0 heterocycles. The molecule has 138 valence electrons. The molecule has 0 aromatic rings. The number of nitrogens with one attached hydrogen (secondary N) is 1. The SMILES string of the molecule is CNC(=O)C1=CC(Cl)=C(OCC2CCC3(CC2)CC3)C(=S(=O)=O)C1F. The van der Waals surface area contributed by atoms with Gasteiger partial charge in [0.05, 0.1) is 17.2 Å². The van der Waals surface area contributed by atoms with Crippen molar-refractivity contribution < 1.29 is 22.3 Å². The highest BCUT2D eigenvalue weighted by Gasteiger charge is 2.45. The average molecular weight is 390 g/mol. The number of likely N-dealkylation sites (N-methyl/N-ethyl adjacent to an activating group) is 1. The highest BCUT2D eigenvalue weighted by atomic mass is 35.5. The fourth-order valence-electron chi connectivity index (χ4n) is 3.61. The predicted octanol–water partition coefficient (Wildman–Crippen LogP) is 2.50. The lowest BCUT2D eigenvalue weighted by Crippen LogP contribution is -2.35. The quantitative estimate of drug-likeness (QED) is 0.750. The molecule has 5 nitrogen and oxygen atoms in total. The Morgan fingerprint density at radius 2 is 2.00 bits per heavy atom. The van der Waals surface area contributed by atoms with E-state index in [1.165, 1.54) is 32.7 Å². The van der Waals surface area contributed by atoms with Crippen molar-refractivity contribution in [3.05, 3.63) is 22.4 Å². The second kappa shape index (κ2) is 7.11. The Morgan fingerprint density at radius 3 is 2.52 bits per heavy atom. The molecule has 3 aliphatic carbocycles. The van der Waals surface area contributed by atoms with E-state index in [0.29, 0.717) is 17.9 Å². The zero-order chi connectivity index (χ0) is 18.2. The minimum atomic E-state index is -2.88. The van der Waals surface area contributed by atoms with E-state index in [1.807, 2.05) is 0 Å². The molecule has 1 amide bonds. The van der Waals surface area contributed by atoms with E-state index in [-0.39, 0.29) is 16.4 Å². The van der Waals surface area contributed by atoms with Crippen LogP contribution in [0.5, 0.6) is 0 Å². The molecule has 2 fully saturated rings. The molecule has 3 rings (SSSR count). The first-order valence-corrected chi connectivity index (χ1v) is 9.89. The van der Waals surface area contributed by atoms with Gasteiger partial charge in [0.1, 0.15) is 0 Å². The minimum Gasteiger partial charge on any atom is -0.490 e. The Balaban J connectivity index is 1.76. The number of allylic oxidation sites excluding steroid dienone is 3. The molecule has 0 aliphatic heterocycles. The summed E-state index contributed by atoms with van der Waals surface area (Å²) in [6.45, 7) is 0.304. The van der Waals surface area contributed by atoms with Gasteiger partial charge in [0, 0.05) is 7.05 Å². The van der Waals surface area contributed by atoms with Gasteiger partial charge in [-0.1, -0.05) is 11.6 Å². The second-order valence-corrected chi connectivity index (χ2v) is 8.39. The number of carbonyl (C=O) groups is 1. The molecule has 3 aliphatic rings. The van der Waals surface area contributed by atoms with Crippen LogP contribution in [0.1, 0.15) is 38.5 Å². The van der Waals surface area contributed by atoms with Crippen LogP contribution >= 0.6 is 11.6 Å². The van der Waals surface area contributed by atoms with Crippen molar-refractivity contribution in [2.24, 2.45) is 11.3 Å². The van der Waals surface area contributed by atoms with Crippen LogP contribution in [-0.2, 0) is 19.8 Å². The number of halogens is 2. The Kier molecular flexibility index (Phi) is 5.25. The van der Waals surface area contributed by atoms with E-state index < -0.39 is 27.2 Å². The first kappa shape index (κ1) is 18.5. The lowest BCUT2D eigenvalue weighted by Gasteiger charge is -2.29. The third-order valence-electron chi connectivity index (χ3n) is 5.48. The van der Waals surface area contributed by atoms with Crippen LogP contribution in [0.4, 0.5) is 4.39 Å². The lowest BCUT2D eigenvalue weighted by molar-refractivity contribution is -0.117. The normalized spacial score (nSPS) is 25.6. The monoisotopic (exact) mass is 389 g/mol. The molecule has 0 aromatic carbocycles. The molecule has 0 aromatic heterocycles. The topological polar surface area (TPSA) is 72.5 Å². The summed E-state index contributed by atoms with van der Waals surface area (Å²) >= 11 is 6.09. The molecule has 25 heavy (non-hydrogen) atoms. The Morgan fingerprint density at radius 1 is 1.36 bits per heavy atom. The van der Waals surface area contributed by atoms with Crippen LogP contribution in [0.2, 0.25) is 0 Å². The maximum atomic E-state index is 14.6. The van der Waals surface area contributed by atoms with Crippen LogP contribution in [0.3, 0.4) is 0 Å². The van der Waals surface area contributed by atoms with E-state index in [0.717, 1.165) is 18.9 Å². The van der Waals surface area contributed by atoms with E-state index in [1.54, 1.807) is 0 Å². The van der Waals surface area contributed by atoms with Crippen molar-refractivity contribution in [2.45, 2.75) is 44.7 Å². The molecule has 1 N–H and O–H groups in total. The maximum Gasteiger partial charge on any atom is 0.250 e. The number of hydrogen-bond acceptors (Lipinski definition) is 4. The zero-order valence-corrected chi connectivity index (χ0v) is 15.6. The summed E-state index contributed by atoms with van der Waals surface area (Å²) in [7, 11) is -1.54. The van der Waals surface area contributed by atoms with Crippen molar-refractivity contribution in [3.8, 4) is 0 Å². The van der Waals surface area contributed by atoms with E-state index in [2.05, 4.69) is 5.32 Å². The van der Waals surface area contributed by atoms with Gasteiger partial charge in [0.2, 0.25) is 16.2 Å². The molecular formula is C17H21ClFNO4S. The summed E-state index contributed by atoms with van der Waals surface area (Å²) in [6.07, 6.45) is 6.06. The van der Waals surface area contributed by atoms with Gasteiger partial charge >= 0.3 is 0 Å². The van der Waals surface area contributed by atoms with Gasteiger partial charge in [0.15, 0.2) is 16.8 Å². The first-order valence-electron chi connectivity index (χ1n) is 8.44. The Hall–Kier alpha value is -1.34. The van der Waals surface area contributed by atoms with Crippen LogP contribution in [0.15, 0.2) is 22.4 Å². The molecule has 1 spiro atoms.